The Bertz CT molecular complexity index is 829. The predicted molar refractivity (Wildman–Crippen MR) is 103 cm³/mol. The van der Waals surface area contributed by atoms with E-state index in [0.29, 0.717) is 23.4 Å². The van der Waals surface area contributed by atoms with Crippen molar-refractivity contribution in [3.63, 3.8) is 0 Å². The van der Waals surface area contributed by atoms with E-state index in [1.807, 2.05) is 48.5 Å². The first-order valence-electron chi connectivity index (χ1n) is 9.07. The van der Waals surface area contributed by atoms with Crippen molar-refractivity contribution in [2.75, 3.05) is 13.7 Å². The van der Waals surface area contributed by atoms with Crippen molar-refractivity contribution in [3.8, 4) is 0 Å². The lowest BCUT2D eigenvalue weighted by Gasteiger charge is -2.25. The first-order chi connectivity index (χ1) is 13.2. The third kappa shape index (κ3) is 4.56. The monoisotopic (exact) mass is 365 g/mol. The molecule has 1 aliphatic rings. The number of carbonyl (C=O) groups is 2. The van der Waals surface area contributed by atoms with Crippen molar-refractivity contribution < 1.29 is 19.1 Å². The van der Waals surface area contributed by atoms with E-state index in [1.165, 1.54) is 7.11 Å². The van der Waals surface area contributed by atoms with Crippen LogP contribution >= 0.6 is 0 Å². The first kappa shape index (κ1) is 18.7. The largest absolute Gasteiger partial charge is 0.465 e. The summed E-state index contributed by atoms with van der Waals surface area (Å²) in [5, 5.41) is 0. The van der Waals surface area contributed by atoms with E-state index in [-0.39, 0.29) is 6.61 Å². The van der Waals surface area contributed by atoms with E-state index in [1.54, 1.807) is 17.0 Å². The van der Waals surface area contributed by atoms with Gasteiger partial charge in [0.1, 0.15) is 6.61 Å². The minimum atomic E-state index is -0.423. The number of methoxy groups -OCH3 is 1. The van der Waals surface area contributed by atoms with Gasteiger partial charge >= 0.3 is 12.1 Å². The van der Waals surface area contributed by atoms with Crippen LogP contribution in [0.5, 0.6) is 0 Å². The molecule has 27 heavy (non-hydrogen) atoms. The van der Waals surface area contributed by atoms with Crippen molar-refractivity contribution in [1.82, 2.24) is 4.90 Å². The molecule has 140 valence electrons. The van der Waals surface area contributed by atoms with Gasteiger partial charge in [-0.2, -0.15) is 0 Å². The SMILES string of the molecule is COC(=O)c1ccccc1C1=CCCCCN1C(=O)OCc1ccccc1. The second-order valence-corrected chi connectivity index (χ2v) is 6.31. The van der Waals surface area contributed by atoms with Crippen molar-refractivity contribution in [2.24, 2.45) is 0 Å². The molecule has 1 aliphatic heterocycles. The molecule has 0 aliphatic carbocycles. The van der Waals surface area contributed by atoms with E-state index < -0.39 is 12.1 Å². The summed E-state index contributed by atoms with van der Waals surface area (Å²) in [6.07, 6.45) is 4.28. The van der Waals surface area contributed by atoms with Gasteiger partial charge < -0.3 is 9.47 Å². The van der Waals surface area contributed by atoms with Crippen molar-refractivity contribution in [1.29, 1.82) is 0 Å². The van der Waals surface area contributed by atoms with E-state index in [9.17, 15) is 9.59 Å². The number of ether oxygens (including phenoxy) is 2. The summed E-state index contributed by atoms with van der Waals surface area (Å²) < 4.78 is 10.4. The summed E-state index contributed by atoms with van der Waals surface area (Å²) >= 11 is 0. The molecule has 0 saturated carbocycles. The van der Waals surface area contributed by atoms with Gasteiger partial charge in [0, 0.05) is 12.1 Å². The zero-order chi connectivity index (χ0) is 19.1. The van der Waals surface area contributed by atoms with E-state index >= 15 is 0 Å². The molecule has 0 bridgehead atoms. The number of hydrogen-bond acceptors (Lipinski definition) is 4. The Balaban J connectivity index is 1.85. The topological polar surface area (TPSA) is 55.8 Å². The van der Waals surface area contributed by atoms with Gasteiger partial charge in [0.25, 0.3) is 0 Å². The predicted octanol–water partition coefficient (Wildman–Crippen LogP) is 4.64. The molecule has 0 spiro atoms. The highest BCUT2D eigenvalue weighted by molar-refractivity contribution is 5.96. The second-order valence-electron chi connectivity index (χ2n) is 6.31. The van der Waals surface area contributed by atoms with Gasteiger partial charge in [-0.15, -0.1) is 0 Å². The smallest absolute Gasteiger partial charge is 0.414 e. The third-order valence-electron chi connectivity index (χ3n) is 4.50. The zero-order valence-electron chi connectivity index (χ0n) is 15.4. The van der Waals surface area contributed by atoms with Gasteiger partial charge in [0.2, 0.25) is 0 Å². The van der Waals surface area contributed by atoms with Gasteiger partial charge in [-0.25, -0.2) is 9.59 Å². The maximum absolute atomic E-state index is 12.8. The van der Waals surface area contributed by atoms with Crippen molar-refractivity contribution in [3.05, 3.63) is 77.4 Å². The van der Waals surface area contributed by atoms with Crippen LogP contribution in [-0.2, 0) is 16.1 Å². The second kappa shape index (κ2) is 9.03. The summed E-state index contributed by atoms with van der Waals surface area (Å²) in [4.78, 5) is 26.6. The average Bonchev–Trinajstić information content (AvgIpc) is 2.98. The van der Waals surface area contributed by atoms with Gasteiger partial charge in [0.15, 0.2) is 0 Å². The quantitative estimate of drug-likeness (QED) is 0.741. The normalized spacial score (nSPS) is 14.1. The Labute approximate surface area is 159 Å². The maximum atomic E-state index is 12.8. The Kier molecular flexibility index (Phi) is 6.26. The highest BCUT2D eigenvalue weighted by atomic mass is 16.6. The Morgan fingerprint density at radius 1 is 1.00 bits per heavy atom. The van der Waals surface area contributed by atoms with Crippen LogP contribution in [0.25, 0.3) is 5.70 Å². The molecule has 0 unspecified atom stereocenters. The molecular formula is C22H23NO4. The number of carbonyl (C=O) groups excluding carboxylic acids is 2. The lowest BCUT2D eigenvalue weighted by atomic mass is 10.0. The standard InChI is InChI=1S/C22H23NO4/c1-26-21(24)19-13-8-7-12-18(19)20-14-6-3-9-15-23(20)22(25)27-16-17-10-4-2-5-11-17/h2,4-5,7-8,10-14H,3,6,9,15-16H2,1H3. The fraction of sp³-hybridized carbons (Fsp3) is 0.273. The lowest BCUT2D eigenvalue weighted by Crippen LogP contribution is -2.31. The van der Waals surface area contributed by atoms with Crippen LogP contribution in [-0.4, -0.2) is 30.6 Å². The van der Waals surface area contributed by atoms with Crippen molar-refractivity contribution >= 4 is 17.8 Å². The Morgan fingerprint density at radius 3 is 2.52 bits per heavy atom. The average molecular weight is 365 g/mol. The van der Waals surface area contributed by atoms with Gasteiger partial charge in [0.05, 0.1) is 18.4 Å². The molecule has 2 aromatic carbocycles. The first-order valence-corrected chi connectivity index (χ1v) is 9.07. The van der Waals surface area contributed by atoms with Crippen LogP contribution in [0, 0.1) is 0 Å². The molecule has 1 amide bonds. The summed E-state index contributed by atoms with van der Waals surface area (Å²) in [6, 6.07) is 16.7. The molecule has 0 aromatic heterocycles. The summed E-state index contributed by atoms with van der Waals surface area (Å²) in [5.41, 5.74) is 2.75. The summed E-state index contributed by atoms with van der Waals surface area (Å²) in [5.74, 6) is -0.423. The molecule has 0 N–H and O–H groups in total. The summed E-state index contributed by atoms with van der Waals surface area (Å²) in [7, 11) is 1.35. The van der Waals surface area contributed by atoms with Crippen LogP contribution in [0.15, 0.2) is 60.7 Å². The zero-order valence-corrected chi connectivity index (χ0v) is 15.4. The van der Waals surface area contributed by atoms with Gasteiger partial charge in [-0.1, -0.05) is 54.6 Å². The minimum Gasteiger partial charge on any atom is -0.465 e. The number of allylic oxidation sites excluding steroid dienone is 1. The van der Waals surface area contributed by atoms with E-state index in [2.05, 4.69) is 0 Å². The molecular weight excluding hydrogens is 342 g/mol. The lowest BCUT2D eigenvalue weighted by molar-refractivity contribution is 0.0599. The number of nitrogens with zero attached hydrogens (tertiary/aromatic N) is 1. The molecule has 2 aromatic rings. The molecule has 3 rings (SSSR count). The molecule has 0 saturated heterocycles. The van der Waals surface area contributed by atoms with Crippen LogP contribution in [0.1, 0.15) is 40.7 Å². The minimum absolute atomic E-state index is 0.210. The molecule has 0 radical (unpaired) electrons. The molecule has 0 atom stereocenters. The van der Waals surface area contributed by atoms with Crippen LogP contribution in [0.3, 0.4) is 0 Å². The number of rotatable bonds is 4. The fourth-order valence-corrected chi connectivity index (χ4v) is 3.12. The maximum Gasteiger partial charge on any atom is 0.414 e. The third-order valence-corrected chi connectivity index (χ3v) is 4.50. The van der Waals surface area contributed by atoms with E-state index in [0.717, 1.165) is 24.8 Å². The Hall–Kier alpha value is -3.08. The van der Waals surface area contributed by atoms with Crippen LogP contribution < -0.4 is 0 Å². The highest BCUT2D eigenvalue weighted by Gasteiger charge is 2.25. The number of benzene rings is 2. The van der Waals surface area contributed by atoms with Crippen molar-refractivity contribution in [2.45, 2.75) is 25.9 Å². The van der Waals surface area contributed by atoms with Crippen LogP contribution in [0.2, 0.25) is 0 Å². The number of amides is 1. The Morgan fingerprint density at radius 2 is 1.74 bits per heavy atom. The molecule has 5 heteroatoms. The van der Waals surface area contributed by atoms with E-state index in [4.69, 9.17) is 9.47 Å². The number of hydrogen-bond donors (Lipinski definition) is 0. The van der Waals surface area contributed by atoms with Gasteiger partial charge in [-0.3, -0.25) is 4.90 Å². The molecule has 5 nitrogen and oxygen atoms in total. The fourth-order valence-electron chi connectivity index (χ4n) is 3.12. The summed E-state index contributed by atoms with van der Waals surface area (Å²) in [6.45, 7) is 0.761. The molecule has 1 heterocycles. The van der Waals surface area contributed by atoms with Gasteiger partial charge in [-0.05, 0) is 30.9 Å². The highest BCUT2D eigenvalue weighted by Crippen LogP contribution is 2.28. The van der Waals surface area contributed by atoms with Crippen LogP contribution in [0.4, 0.5) is 4.79 Å². The molecule has 0 fully saturated rings. The number of esters is 1.